The molecule has 4 atom stereocenters. The first-order chi connectivity index (χ1) is 10.6. The summed E-state index contributed by atoms with van der Waals surface area (Å²) in [5, 5.41) is 1.89. The number of hydrogen-bond acceptors (Lipinski definition) is 6. The van der Waals surface area contributed by atoms with E-state index in [1.807, 2.05) is 37.2 Å². The summed E-state index contributed by atoms with van der Waals surface area (Å²) in [6.45, 7) is 3.06. The number of benzene rings is 1. The van der Waals surface area contributed by atoms with Crippen molar-refractivity contribution >= 4 is 0 Å². The molecule has 22 heavy (non-hydrogen) atoms. The molecule has 0 spiro atoms. The van der Waals surface area contributed by atoms with Gasteiger partial charge in [-0.25, -0.2) is 0 Å². The van der Waals surface area contributed by atoms with E-state index in [1.54, 1.807) is 14.2 Å². The molecule has 0 aromatic heterocycles. The highest BCUT2D eigenvalue weighted by Gasteiger charge is 2.44. The number of methoxy groups -OCH3 is 2. The standard InChI is InChI=1S/C16H23NO5/c1-10-20-8-12-15(9-21-10)22-17(2)16(12)11-5-6-13(18-3)14(7-11)19-4/h5-7,10,12,15-16H,8-9H2,1-4H3/t10-,12-,15+,16-/m1/s1. The Balaban J connectivity index is 1.89. The zero-order valence-electron chi connectivity index (χ0n) is 13.4. The van der Waals surface area contributed by atoms with E-state index >= 15 is 0 Å². The van der Waals surface area contributed by atoms with E-state index in [0.29, 0.717) is 13.2 Å². The van der Waals surface area contributed by atoms with Crippen molar-refractivity contribution in [3.63, 3.8) is 0 Å². The Morgan fingerprint density at radius 1 is 1.09 bits per heavy atom. The van der Waals surface area contributed by atoms with Crippen LogP contribution in [0, 0.1) is 5.92 Å². The molecule has 0 radical (unpaired) electrons. The molecule has 3 rings (SSSR count). The van der Waals surface area contributed by atoms with Gasteiger partial charge in [0.2, 0.25) is 0 Å². The molecular formula is C16H23NO5. The molecule has 0 saturated carbocycles. The van der Waals surface area contributed by atoms with Gasteiger partial charge in [-0.2, -0.15) is 5.06 Å². The summed E-state index contributed by atoms with van der Waals surface area (Å²) in [5.41, 5.74) is 1.12. The maximum Gasteiger partial charge on any atom is 0.161 e. The molecule has 2 aliphatic heterocycles. The third kappa shape index (κ3) is 2.79. The van der Waals surface area contributed by atoms with Gasteiger partial charge < -0.3 is 18.9 Å². The zero-order valence-corrected chi connectivity index (χ0v) is 13.4. The highest BCUT2D eigenvalue weighted by atomic mass is 16.7. The van der Waals surface area contributed by atoms with E-state index < -0.39 is 0 Å². The molecule has 0 aliphatic carbocycles. The number of hydroxylamine groups is 2. The van der Waals surface area contributed by atoms with Gasteiger partial charge in [0.15, 0.2) is 17.8 Å². The van der Waals surface area contributed by atoms with Gasteiger partial charge in [0.05, 0.1) is 33.5 Å². The fourth-order valence-corrected chi connectivity index (χ4v) is 3.20. The van der Waals surface area contributed by atoms with Crippen LogP contribution in [0.15, 0.2) is 18.2 Å². The second kappa shape index (κ2) is 6.42. The summed E-state index contributed by atoms with van der Waals surface area (Å²) >= 11 is 0. The van der Waals surface area contributed by atoms with Crippen molar-refractivity contribution in [3.05, 3.63) is 23.8 Å². The van der Waals surface area contributed by atoms with Crippen LogP contribution in [0.1, 0.15) is 18.5 Å². The summed E-state index contributed by atoms with van der Waals surface area (Å²) < 4.78 is 22.1. The van der Waals surface area contributed by atoms with Crippen LogP contribution in [0.2, 0.25) is 0 Å². The van der Waals surface area contributed by atoms with Gasteiger partial charge in [0.25, 0.3) is 0 Å². The first kappa shape index (κ1) is 15.6. The van der Waals surface area contributed by atoms with Crippen molar-refractivity contribution in [1.29, 1.82) is 0 Å². The van der Waals surface area contributed by atoms with Crippen LogP contribution >= 0.6 is 0 Å². The molecular weight excluding hydrogens is 286 g/mol. The molecule has 0 amide bonds. The quantitative estimate of drug-likeness (QED) is 0.851. The Bertz CT molecular complexity index is 523. The molecule has 6 heteroatoms. The summed E-state index contributed by atoms with van der Waals surface area (Å²) in [5.74, 6) is 1.66. The van der Waals surface area contributed by atoms with Gasteiger partial charge in [-0.3, -0.25) is 4.84 Å². The van der Waals surface area contributed by atoms with Crippen LogP contribution in [0.4, 0.5) is 0 Å². The largest absolute Gasteiger partial charge is 0.493 e. The third-order valence-electron chi connectivity index (χ3n) is 4.34. The van der Waals surface area contributed by atoms with Crippen LogP contribution in [-0.4, -0.2) is 51.9 Å². The van der Waals surface area contributed by atoms with Crippen molar-refractivity contribution < 1.29 is 23.8 Å². The number of hydrogen-bond donors (Lipinski definition) is 0. The number of fused-ring (bicyclic) bond motifs is 1. The molecule has 1 aromatic carbocycles. The summed E-state index contributed by atoms with van der Waals surface area (Å²) in [7, 11) is 5.22. The number of ether oxygens (including phenoxy) is 4. The smallest absolute Gasteiger partial charge is 0.161 e. The van der Waals surface area contributed by atoms with E-state index in [9.17, 15) is 0 Å². The molecule has 2 fully saturated rings. The SMILES string of the molecule is COc1ccc([C@@H]2[C@@H]3CO[C@@H](C)OC[C@@H]3ON2C)cc1OC. The zero-order chi connectivity index (χ0) is 15.7. The van der Waals surface area contributed by atoms with E-state index in [1.165, 1.54) is 0 Å². The lowest BCUT2D eigenvalue weighted by molar-refractivity contribution is -0.180. The molecule has 2 saturated heterocycles. The first-order valence-corrected chi connectivity index (χ1v) is 7.48. The molecule has 0 bridgehead atoms. The average Bonchev–Trinajstić information content (AvgIpc) is 2.74. The molecule has 2 aliphatic rings. The second-order valence-electron chi connectivity index (χ2n) is 5.65. The van der Waals surface area contributed by atoms with Crippen molar-refractivity contribution in [2.75, 3.05) is 34.5 Å². The van der Waals surface area contributed by atoms with Crippen LogP contribution in [0.25, 0.3) is 0 Å². The molecule has 0 unspecified atom stereocenters. The molecule has 6 nitrogen and oxygen atoms in total. The van der Waals surface area contributed by atoms with Gasteiger partial charge in [-0.15, -0.1) is 0 Å². The monoisotopic (exact) mass is 309 g/mol. The Morgan fingerprint density at radius 3 is 2.55 bits per heavy atom. The van der Waals surface area contributed by atoms with E-state index in [-0.39, 0.29) is 24.4 Å². The number of rotatable bonds is 3. The minimum Gasteiger partial charge on any atom is -0.493 e. The third-order valence-corrected chi connectivity index (χ3v) is 4.34. The lowest BCUT2D eigenvalue weighted by atomic mass is 9.90. The summed E-state index contributed by atoms with van der Waals surface area (Å²) in [6.07, 6.45) is -0.182. The molecule has 1 aromatic rings. The van der Waals surface area contributed by atoms with Crippen molar-refractivity contribution in [3.8, 4) is 11.5 Å². The Hall–Kier alpha value is -1.34. The van der Waals surface area contributed by atoms with E-state index in [4.69, 9.17) is 23.8 Å². The Morgan fingerprint density at radius 2 is 1.82 bits per heavy atom. The van der Waals surface area contributed by atoms with Gasteiger partial charge in [0, 0.05) is 13.0 Å². The van der Waals surface area contributed by atoms with Gasteiger partial charge >= 0.3 is 0 Å². The highest BCUT2D eigenvalue weighted by Crippen LogP contribution is 2.42. The van der Waals surface area contributed by atoms with Crippen LogP contribution in [0.3, 0.4) is 0 Å². The fourth-order valence-electron chi connectivity index (χ4n) is 3.20. The average molecular weight is 309 g/mol. The second-order valence-corrected chi connectivity index (χ2v) is 5.65. The van der Waals surface area contributed by atoms with Gasteiger partial charge in [-0.1, -0.05) is 6.07 Å². The lowest BCUT2D eigenvalue weighted by Gasteiger charge is -2.24. The van der Waals surface area contributed by atoms with Crippen LogP contribution in [-0.2, 0) is 14.3 Å². The minimum atomic E-state index is -0.189. The number of nitrogens with zero attached hydrogens (tertiary/aromatic N) is 1. The molecule has 2 heterocycles. The van der Waals surface area contributed by atoms with Crippen LogP contribution < -0.4 is 9.47 Å². The molecule has 0 N–H and O–H groups in total. The molecule has 122 valence electrons. The van der Waals surface area contributed by atoms with Crippen molar-refractivity contribution in [2.45, 2.75) is 25.4 Å². The van der Waals surface area contributed by atoms with Crippen molar-refractivity contribution in [2.24, 2.45) is 5.92 Å². The predicted molar refractivity (Wildman–Crippen MR) is 79.8 cm³/mol. The normalized spacial score (nSPS) is 32.4. The highest BCUT2D eigenvalue weighted by molar-refractivity contribution is 5.44. The van der Waals surface area contributed by atoms with E-state index in [2.05, 4.69) is 0 Å². The maximum atomic E-state index is 5.95. The van der Waals surface area contributed by atoms with E-state index in [0.717, 1.165) is 17.1 Å². The Labute approximate surface area is 130 Å². The maximum absolute atomic E-state index is 5.95. The van der Waals surface area contributed by atoms with Gasteiger partial charge in [0.1, 0.15) is 6.10 Å². The van der Waals surface area contributed by atoms with Crippen LogP contribution in [0.5, 0.6) is 11.5 Å². The summed E-state index contributed by atoms with van der Waals surface area (Å²) in [6, 6.07) is 6.06. The van der Waals surface area contributed by atoms with Crippen molar-refractivity contribution in [1.82, 2.24) is 5.06 Å². The minimum absolute atomic E-state index is 0.00745. The Kier molecular flexibility index (Phi) is 4.54. The first-order valence-electron chi connectivity index (χ1n) is 7.48. The topological polar surface area (TPSA) is 49.4 Å². The van der Waals surface area contributed by atoms with Gasteiger partial charge in [-0.05, 0) is 24.6 Å². The lowest BCUT2D eigenvalue weighted by Crippen LogP contribution is -2.26. The fraction of sp³-hybridized carbons (Fsp3) is 0.625. The predicted octanol–water partition coefficient (Wildman–Crippen LogP) is 2.00. The summed E-state index contributed by atoms with van der Waals surface area (Å²) in [4.78, 5) is 5.95.